The van der Waals surface area contributed by atoms with Crippen LogP contribution < -0.4 is 5.32 Å². The van der Waals surface area contributed by atoms with Crippen molar-refractivity contribution in [1.29, 1.82) is 0 Å². The van der Waals surface area contributed by atoms with Crippen molar-refractivity contribution in [2.45, 2.75) is 6.54 Å². The van der Waals surface area contributed by atoms with Gasteiger partial charge in [0.1, 0.15) is 0 Å². The van der Waals surface area contributed by atoms with E-state index in [4.69, 9.17) is 46.4 Å². The Bertz CT molecular complexity index is 541. The molecule has 0 unspecified atom stereocenters. The molecule has 0 aliphatic carbocycles. The van der Waals surface area contributed by atoms with Gasteiger partial charge < -0.3 is 5.32 Å². The Morgan fingerprint density at radius 2 is 1.76 bits per heavy atom. The first kappa shape index (κ1) is 13.2. The van der Waals surface area contributed by atoms with Crippen molar-refractivity contribution in [2.75, 3.05) is 5.32 Å². The van der Waals surface area contributed by atoms with Crippen LogP contribution >= 0.6 is 57.7 Å². The summed E-state index contributed by atoms with van der Waals surface area (Å²) in [6, 6.07) is 3.29. The summed E-state index contributed by atoms with van der Waals surface area (Å²) < 4.78 is 0.516. The van der Waals surface area contributed by atoms with Gasteiger partial charge in [0.05, 0.1) is 27.3 Å². The molecule has 0 aliphatic heterocycles. The van der Waals surface area contributed by atoms with Crippen LogP contribution in [0.15, 0.2) is 18.3 Å². The molecular weight excluding hydrogens is 322 g/mol. The summed E-state index contributed by atoms with van der Waals surface area (Å²) in [5.74, 6) is 0. The minimum Gasteiger partial charge on any atom is -0.379 e. The zero-order valence-electron chi connectivity index (χ0n) is 8.31. The fraction of sp³-hybridized carbons (Fsp3) is 0.100. The fourth-order valence-electron chi connectivity index (χ4n) is 1.21. The zero-order chi connectivity index (χ0) is 12.4. The van der Waals surface area contributed by atoms with Crippen LogP contribution in [0.5, 0.6) is 0 Å². The van der Waals surface area contributed by atoms with E-state index in [9.17, 15) is 0 Å². The molecule has 90 valence electrons. The smallest absolute Gasteiger partial charge is 0.183 e. The predicted octanol–water partition coefficient (Wildman–Crippen LogP) is 5.37. The molecule has 2 rings (SSSR count). The summed E-state index contributed by atoms with van der Waals surface area (Å²) in [5, 5.41) is 4.56. The molecule has 0 radical (unpaired) electrons. The number of nitrogens with one attached hydrogen (secondary N) is 1. The summed E-state index contributed by atoms with van der Waals surface area (Å²) in [7, 11) is 0. The summed E-state index contributed by atoms with van der Waals surface area (Å²) in [4.78, 5) is 4.96. The number of halogens is 4. The molecule has 1 aromatic heterocycles. The summed E-state index contributed by atoms with van der Waals surface area (Å²) in [6.45, 7) is 0.585. The highest BCUT2D eigenvalue weighted by atomic mass is 35.5. The maximum Gasteiger partial charge on any atom is 0.183 e. The van der Waals surface area contributed by atoms with Crippen LogP contribution in [-0.2, 0) is 6.54 Å². The molecule has 0 aliphatic rings. The normalized spacial score (nSPS) is 10.6. The van der Waals surface area contributed by atoms with Crippen LogP contribution in [0.2, 0.25) is 19.5 Å². The first-order chi connectivity index (χ1) is 8.06. The average molecular weight is 328 g/mol. The third-order valence-electron chi connectivity index (χ3n) is 1.99. The van der Waals surface area contributed by atoms with Crippen LogP contribution in [0.25, 0.3) is 0 Å². The third-order valence-corrected chi connectivity index (χ3v) is 4.14. The van der Waals surface area contributed by atoms with E-state index in [0.29, 0.717) is 26.1 Å². The van der Waals surface area contributed by atoms with Crippen LogP contribution in [-0.4, -0.2) is 4.98 Å². The Morgan fingerprint density at radius 1 is 1.06 bits per heavy atom. The topological polar surface area (TPSA) is 24.9 Å². The number of benzene rings is 1. The Hall–Kier alpha value is -0.190. The highest BCUT2D eigenvalue weighted by molar-refractivity contribution is 7.15. The van der Waals surface area contributed by atoms with E-state index in [-0.39, 0.29) is 0 Å². The molecule has 17 heavy (non-hydrogen) atoms. The lowest BCUT2D eigenvalue weighted by atomic mass is 10.3. The molecule has 2 nitrogen and oxygen atoms in total. The van der Waals surface area contributed by atoms with E-state index in [1.54, 1.807) is 18.3 Å². The van der Waals surface area contributed by atoms with E-state index < -0.39 is 0 Å². The number of hydrogen-bond acceptors (Lipinski definition) is 3. The molecule has 1 N–H and O–H groups in total. The zero-order valence-corrected chi connectivity index (χ0v) is 12.1. The SMILES string of the molecule is Clc1ncc(CNc2cc(Cl)c(Cl)cc2Cl)s1. The van der Waals surface area contributed by atoms with Crippen molar-refractivity contribution in [3.8, 4) is 0 Å². The van der Waals surface area contributed by atoms with Gasteiger partial charge >= 0.3 is 0 Å². The molecule has 0 spiro atoms. The molecule has 0 atom stereocenters. The molecule has 1 heterocycles. The standard InChI is InChI=1S/C10H6Cl4N2S/c11-6-1-8(13)9(2-7(6)12)15-3-5-4-16-10(14)17-5/h1-2,4,15H,3H2. The lowest BCUT2D eigenvalue weighted by Crippen LogP contribution is -1.98. The van der Waals surface area contributed by atoms with Gasteiger partial charge in [0, 0.05) is 11.1 Å². The molecular formula is C10H6Cl4N2S. The Labute approximate surface area is 122 Å². The molecule has 0 saturated heterocycles. The molecule has 2 aromatic rings. The van der Waals surface area contributed by atoms with Crippen molar-refractivity contribution in [3.05, 3.63) is 42.7 Å². The largest absolute Gasteiger partial charge is 0.379 e. The van der Waals surface area contributed by atoms with Crippen LogP contribution in [0, 0.1) is 0 Å². The molecule has 0 saturated carbocycles. The number of aromatic nitrogens is 1. The van der Waals surface area contributed by atoms with Crippen molar-refractivity contribution in [3.63, 3.8) is 0 Å². The number of thiazole rings is 1. The average Bonchev–Trinajstić information content (AvgIpc) is 2.68. The highest BCUT2D eigenvalue weighted by Gasteiger charge is 2.06. The van der Waals surface area contributed by atoms with Crippen molar-refractivity contribution >= 4 is 63.4 Å². The van der Waals surface area contributed by atoms with E-state index in [2.05, 4.69) is 10.3 Å². The highest BCUT2D eigenvalue weighted by Crippen LogP contribution is 2.32. The minimum atomic E-state index is 0.433. The van der Waals surface area contributed by atoms with Gasteiger partial charge in [0.25, 0.3) is 0 Å². The second-order valence-corrected chi connectivity index (χ2v) is 6.10. The van der Waals surface area contributed by atoms with Crippen LogP contribution in [0.3, 0.4) is 0 Å². The molecule has 0 fully saturated rings. The first-order valence-corrected chi connectivity index (χ1v) is 6.87. The molecule has 1 aromatic carbocycles. The summed E-state index contributed by atoms with van der Waals surface area (Å²) in [6.07, 6.45) is 1.71. The van der Waals surface area contributed by atoms with E-state index in [0.717, 1.165) is 10.6 Å². The monoisotopic (exact) mass is 326 g/mol. The van der Waals surface area contributed by atoms with E-state index in [1.807, 2.05) is 0 Å². The second-order valence-electron chi connectivity index (χ2n) is 3.18. The molecule has 7 heteroatoms. The number of hydrogen-bond donors (Lipinski definition) is 1. The third kappa shape index (κ3) is 3.39. The Kier molecular flexibility index (Phi) is 4.39. The maximum atomic E-state index is 6.03. The number of anilines is 1. The van der Waals surface area contributed by atoms with Gasteiger partial charge in [-0.15, -0.1) is 11.3 Å². The number of nitrogens with zero attached hydrogens (tertiary/aromatic N) is 1. The number of rotatable bonds is 3. The lowest BCUT2D eigenvalue weighted by Gasteiger charge is -2.08. The minimum absolute atomic E-state index is 0.433. The van der Waals surface area contributed by atoms with Gasteiger partial charge in [-0.3, -0.25) is 0 Å². The quantitative estimate of drug-likeness (QED) is 0.766. The van der Waals surface area contributed by atoms with Gasteiger partial charge in [-0.1, -0.05) is 46.4 Å². The summed E-state index contributed by atoms with van der Waals surface area (Å²) >= 11 is 24.9. The van der Waals surface area contributed by atoms with E-state index >= 15 is 0 Å². The van der Waals surface area contributed by atoms with Gasteiger partial charge in [-0.05, 0) is 12.1 Å². The predicted molar refractivity (Wildman–Crippen MR) is 75.9 cm³/mol. The van der Waals surface area contributed by atoms with Crippen molar-refractivity contribution in [1.82, 2.24) is 4.98 Å². The van der Waals surface area contributed by atoms with E-state index in [1.165, 1.54) is 11.3 Å². The van der Waals surface area contributed by atoms with Crippen molar-refractivity contribution < 1.29 is 0 Å². The molecule has 0 bridgehead atoms. The first-order valence-electron chi connectivity index (χ1n) is 4.55. The van der Waals surface area contributed by atoms with Gasteiger partial charge in [0.15, 0.2) is 4.47 Å². The van der Waals surface area contributed by atoms with Crippen molar-refractivity contribution in [2.24, 2.45) is 0 Å². The fourth-order valence-corrected chi connectivity index (χ4v) is 2.74. The maximum absolute atomic E-state index is 6.03. The lowest BCUT2D eigenvalue weighted by molar-refractivity contribution is 1.17. The van der Waals surface area contributed by atoms with Gasteiger partial charge in [-0.2, -0.15) is 0 Å². The van der Waals surface area contributed by atoms with Gasteiger partial charge in [-0.25, -0.2) is 4.98 Å². The Balaban J connectivity index is 2.11. The second kappa shape index (κ2) is 5.63. The Morgan fingerprint density at radius 3 is 2.41 bits per heavy atom. The van der Waals surface area contributed by atoms with Gasteiger partial charge in [0.2, 0.25) is 0 Å². The summed E-state index contributed by atoms with van der Waals surface area (Å²) in [5.41, 5.74) is 0.727. The van der Waals surface area contributed by atoms with Crippen LogP contribution in [0.4, 0.5) is 5.69 Å². The van der Waals surface area contributed by atoms with Crippen LogP contribution in [0.1, 0.15) is 4.88 Å². The molecule has 0 amide bonds.